The molecule has 91 heavy (non-hydrogen) atoms. The standard InChI is InChI=1S/C65H83FN16O9/c1-4-91-59(88)39-70-55(84)38-69-56(85)41-82-51-14-10-13-48(49-35-52-45(34-50(49)66)36-72-77(52)3)60(51)61(75-82)44-24-30-79(31-25-44)58(87)21-20-54(83)68-26-9-7-5-6-8-15-57(86)78-28-22-43(23-29-78)42-16-18-46(19-17-42)73-64-62(63(67)89)71-37-53(74-64)80-27-11-12-47(40-80)81-33-32-76(2)65(81)90/h10,13-14,16-19,34-37,43-44,47H,4-9,11-12,15,20-33,38-41H2,1-3H3,(H2,67,89)(H,68,83)(H,69,85)(H,70,84)(H,73,74)/t47-/m1/s1. The van der Waals surface area contributed by atoms with Crippen LogP contribution in [0.5, 0.6) is 0 Å². The van der Waals surface area contributed by atoms with Crippen molar-refractivity contribution in [1.29, 1.82) is 0 Å². The van der Waals surface area contributed by atoms with E-state index in [1.807, 2.05) is 41.1 Å². The number of hydrogen-bond donors (Lipinski definition) is 5. The molecular weight excluding hydrogens is 1170 g/mol. The number of amides is 8. The number of benzene rings is 3. The lowest BCUT2D eigenvalue weighted by molar-refractivity contribution is -0.143. The van der Waals surface area contributed by atoms with Crippen LogP contribution in [-0.2, 0) is 47.1 Å². The van der Waals surface area contributed by atoms with Crippen molar-refractivity contribution in [2.75, 3.05) is 95.9 Å². The number of carbonyl (C=O) groups excluding carboxylic acids is 8. The van der Waals surface area contributed by atoms with E-state index in [0.29, 0.717) is 116 Å². The molecular formula is C65H83FN16O9. The number of piperidine rings is 3. The Bertz CT molecular complexity index is 3630. The van der Waals surface area contributed by atoms with Crippen LogP contribution in [0.1, 0.15) is 130 Å². The van der Waals surface area contributed by atoms with Crippen LogP contribution in [0.15, 0.2) is 67.0 Å². The van der Waals surface area contributed by atoms with E-state index in [1.165, 1.54) is 11.6 Å². The van der Waals surface area contributed by atoms with Crippen molar-refractivity contribution in [3.8, 4) is 11.1 Å². The molecule has 25 nitrogen and oxygen atoms in total. The largest absolute Gasteiger partial charge is 0.465 e. The van der Waals surface area contributed by atoms with E-state index in [9.17, 15) is 38.4 Å². The average molecular weight is 1250 g/mol. The SMILES string of the molecule is CCOC(=O)CNC(=O)CNC(=O)Cn1nc(C2CCN(C(=O)CCC(=O)NCCCCCCCC(=O)N3CCC(c4ccc(Nc5nc(N6CCC[C@@H](N7CCN(C)C7=O)C6)cnc5C(N)=O)cc4)CC3)CC2)c2c(-c3cc4c(cnn4C)cc3F)cccc21. The number of primary amides is 1. The topological polar surface area (TPSA) is 298 Å². The van der Waals surface area contributed by atoms with Gasteiger partial charge in [0.15, 0.2) is 11.5 Å². The highest BCUT2D eigenvalue weighted by molar-refractivity contribution is 6.00. The number of nitrogens with zero attached hydrogens (tertiary/aromatic N) is 11. The number of halogens is 1. The molecule has 4 aliphatic heterocycles. The van der Waals surface area contributed by atoms with Gasteiger partial charge in [0.05, 0.1) is 48.3 Å². The molecule has 8 amide bonds. The molecule has 0 aliphatic carbocycles. The summed E-state index contributed by atoms with van der Waals surface area (Å²) < 4.78 is 24.1. The quantitative estimate of drug-likeness (QED) is 0.0315. The number of anilines is 3. The third-order valence-corrected chi connectivity index (χ3v) is 18.0. The molecule has 4 aliphatic rings. The molecule has 3 aromatic heterocycles. The summed E-state index contributed by atoms with van der Waals surface area (Å²) in [6, 6.07) is 16.8. The summed E-state index contributed by atoms with van der Waals surface area (Å²) >= 11 is 0. The molecule has 6 aromatic rings. The van der Waals surface area contributed by atoms with Gasteiger partial charge in [-0.3, -0.25) is 42.9 Å². The second-order valence-corrected chi connectivity index (χ2v) is 24.1. The third kappa shape index (κ3) is 16.0. The Morgan fingerprint density at radius 1 is 0.714 bits per heavy atom. The average Bonchev–Trinajstić information content (AvgIpc) is 2.89. The second kappa shape index (κ2) is 30.1. The van der Waals surface area contributed by atoms with E-state index in [0.717, 1.165) is 75.5 Å². The number of nitrogens with two attached hydrogens (primary N) is 1. The Morgan fingerprint density at radius 2 is 1.43 bits per heavy atom. The summed E-state index contributed by atoms with van der Waals surface area (Å²) in [6.07, 6.45) is 12.8. The fraction of sp³-hybridized carbons (Fsp3) is 0.508. The Balaban J connectivity index is 0.616. The first kappa shape index (κ1) is 64.7. The van der Waals surface area contributed by atoms with Gasteiger partial charge < -0.3 is 56.2 Å². The lowest BCUT2D eigenvalue weighted by Gasteiger charge is -2.37. The molecule has 0 radical (unpaired) electrons. The molecule has 1 atom stereocenters. The van der Waals surface area contributed by atoms with Crippen LogP contribution in [-0.4, -0.2) is 188 Å². The normalized spacial score (nSPS) is 16.6. The van der Waals surface area contributed by atoms with Crippen LogP contribution in [0.3, 0.4) is 0 Å². The minimum atomic E-state index is -0.686. The van der Waals surface area contributed by atoms with E-state index in [4.69, 9.17) is 20.6 Å². The monoisotopic (exact) mass is 1250 g/mol. The first-order valence-corrected chi connectivity index (χ1v) is 31.9. The lowest BCUT2D eigenvalue weighted by atomic mass is 9.88. The molecule has 26 heteroatoms. The molecule has 4 saturated heterocycles. The van der Waals surface area contributed by atoms with Crippen LogP contribution in [0.4, 0.5) is 26.5 Å². The number of aryl methyl sites for hydroxylation is 1. The van der Waals surface area contributed by atoms with Crippen molar-refractivity contribution in [1.82, 2.24) is 65.1 Å². The Kier molecular flexibility index (Phi) is 21.4. The molecule has 0 saturated carbocycles. The molecule has 7 heterocycles. The van der Waals surface area contributed by atoms with Gasteiger partial charge in [0.25, 0.3) is 5.91 Å². The number of hydrogen-bond acceptors (Lipinski definition) is 15. The highest BCUT2D eigenvalue weighted by Gasteiger charge is 2.36. The Hall–Kier alpha value is -9.23. The van der Waals surface area contributed by atoms with E-state index in [2.05, 4.69) is 48.4 Å². The first-order valence-electron chi connectivity index (χ1n) is 31.9. The number of esters is 1. The smallest absolute Gasteiger partial charge is 0.325 e. The zero-order valence-electron chi connectivity index (χ0n) is 52.2. The van der Waals surface area contributed by atoms with Gasteiger partial charge in [0, 0.05) is 120 Å². The molecule has 10 rings (SSSR count). The van der Waals surface area contributed by atoms with Crippen LogP contribution in [0, 0.1) is 5.82 Å². The van der Waals surface area contributed by atoms with Crippen LogP contribution < -0.4 is 31.9 Å². The highest BCUT2D eigenvalue weighted by Crippen LogP contribution is 2.40. The van der Waals surface area contributed by atoms with E-state index in [1.54, 1.807) is 57.7 Å². The number of likely N-dealkylation sites (N-methyl/N-ethyl adjacent to an activating group) is 1. The molecule has 0 bridgehead atoms. The number of likely N-dealkylation sites (tertiary alicyclic amines) is 2. The number of rotatable bonds is 26. The third-order valence-electron chi connectivity index (χ3n) is 18.0. The van der Waals surface area contributed by atoms with Gasteiger partial charge in [-0.05, 0) is 106 Å². The number of aromatic nitrogens is 6. The molecule has 4 fully saturated rings. The van der Waals surface area contributed by atoms with Crippen molar-refractivity contribution in [2.24, 2.45) is 12.8 Å². The van der Waals surface area contributed by atoms with Crippen molar-refractivity contribution in [2.45, 2.75) is 121 Å². The van der Waals surface area contributed by atoms with Gasteiger partial charge in [0.1, 0.15) is 24.7 Å². The van der Waals surface area contributed by atoms with Crippen LogP contribution in [0.25, 0.3) is 32.9 Å². The molecule has 0 spiro atoms. The number of carbonyl (C=O) groups is 8. The van der Waals surface area contributed by atoms with Crippen LogP contribution in [0.2, 0.25) is 0 Å². The number of fused-ring (bicyclic) bond motifs is 2. The zero-order chi connectivity index (χ0) is 64.1. The number of ether oxygens (including phenoxy) is 1. The number of unbranched alkanes of at least 4 members (excludes halogenated alkanes) is 4. The zero-order valence-corrected chi connectivity index (χ0v) is 52.2. The molecule has 0 unspecified atom stereocenters. The van der Waals surface area contributed by atoms with Crippen molar-refractivity contribution in [3.63, 3.8) is 0 Å². The molecule has 6 N–H and O–H groups in total. The van der Waals surface area contributed by atoms with E-state index < -0.39 is 29.5 Å². The Labute approximate surface area is 527 Å². The maximum Gasteiger partial charge on any atom is 0.325 e. The summed E-state index contributed by atoms with van der Waals surface area (Å²) in [5.41, 5.74) is 10.6. The Morgan fingerprint density at radius 3 is 2.15 bits per heavy atom. The van der Waals surface area contributed by atoms with Crippen molar-refractivity contribution >= 4 is 86.6 Å². The van der Waals surface area contributed by atoms with Crippen molar-refractivity contribution < 1.29 is 47.5 Å². The number of urea groups is 1. The lowest BCUT2D eigenvalue weighted by Crippen LogP contribution is -2.49. The second-order valence-electron chi connectivity index (χ2n) is 24.1. The van der Waals surface area contributed by atoms with E-state index >= 15 is 4.39 Å². The summed E-state index contributed by atoms with van der Waals surface area (Å²) in [5, 5.41) is 21.8. The van der Waals surface area contributed by atoms with Gasteiger partial charge in [0.2, 0.25) is 29.5 Å². The highest BCUT2D eigenvalue weighted by atomic mass is 19.1. The first-order chi connectivity index (χ1) is 44.0. The minimum absolute atomic E-state index is 0.0443. The summed E-state index contributed by atoms with van der Waals surface area (Å²) in [6.45, 7) is 6.40. The van der Waals surface area contributed by atoms with E-state index in [-0.39, 0.29) is 86.3 Å². The van der Waals surface area contributed by atoms with Gasteiger partial charge in [-0.25, -0.2) is 19.2 Å². The van der Waals surface area contributed by atoms with Gasteiger partial charge in [-0.2, -0.15) is 10.2 Å². The van der Waals surface area contributed by atoms with Gasteiger partial charge in [-0.1, -0.05) is 43.5 Å². The fourth-order valence-electron chi connectivity index (χ4n) is 12.9. The number of nitrogens with one attached hydrogen (secondary N) is 4. The fourth-order valence-corrected chi connectivity index (χ4v) is 12.9. The predicted octanol–water partition coefficient (Wildman–Crippen LogP) is 5.84. The summed E-state index contributed by atoms with van der Waals surface area (Å²) in [5.74, 6) is -1.89. The summed E-state index contributed by atoms with van der Waals surface area (Å²) in [4.78, 5) is 121. The minimum Gasteiger partial charge on any atom is -0.465 e. The van der Waals surface area contributed by atoms with Gasteiger partial charge >= 0.3 is 12.0 Å². The van der Waals surface area contributed by atoms with Gasteiger partial charge in [-0.15, -0.1) is 0 Å². The van der Waals surface area contributed by atoms with Crippen molar-refractivity contribution in [3.05, 3.63) is 89.8 Å². The molecule has 3 aromatic carbocycles. The van der Waals surface area contributed by atoms with Crippen LogP contribution >= 0.6 is 0 Å². The predicted molar refractivity (Wildman–Crippen MR) is 339 cm³/mol. The summed E-state index contributed by atoms with van der Waals surface area (Å²) in [7, 11) is 3.61. The maximum absolute atomic E-state index is 16.0. The maximum atomic E-state index is 16.0. The molecule has 484 valence electrons.